The lowest BCUT2D eigenvalue weighted by Crippen LogP contribution is -2.38. The van der Waals surface area contributed by atoms with E-state index in [-0.39, 0.29) is 13.2 Å². The zero-order chi connectivity index (χ0) is 25.7. The molecule has 0 rings (SSSR count). The molecule has 1 N–H and O–H groups in total. The quantitative estimate of drug-likeness (QED) is 0.0748. The molecule has 0 spiro atoms. The Bertz CT molecular complexity index is 526. The molecule has 204 valence electrons. The van der Waals surface area contributed by atoms with Crippen molar-refractivity contribution in [3.05, 3.63) is 12.7 Å². The van der Waals surface area contributed by atoms with Gasteiger partial charge in [-0.3, -0.25) is 4.57 Å². The second-order valence-corrected chi connectivity index (χ2v) is 11.6. The number of ether oxygens (including phenoxy) is 1. The maximum Gasteiger partial charge on any atom is 0.268 e. The van der Waals surface area contributed by atoms with Gasteiger partial charge in [0.15, 0.2) is 0 Å². The number of aliphatic hydroxyl groups excluding tert-OH is 1. The lowest BCUT2D eigenvalue weighted by molar-refractivity contribution is -0.870. The topological polar surface area (TPSA) is 88.0 Å². The minimum absolute atomic E-state index is 0.0570. The van der Waals surface area contributed by atoms with Crippen molar-refractivity contribution in [2.45, 2.75) is 109 Å². The van der Waals surface area contributed by atoms with Crippen LogP contribution in [0.25, 0.3) is 0 Å². The summed E-state index contributed by atoms with van der Waals surface area (Å²) in [6, 6.07) is 0. The number of rotatable bonds is 25. The molecule has 0 amide bonds. The van der Waals surface area contributed by atoms with Gasteiger partial charge in [0.2, 0.25) is 0 Å². The van der Waals surface area contributed by atoms with Gasteiger partial charge in [-0.2, -0.15) is 0 Å². The summed E-state index contributed by atoms with van der Waals surface area (Å²) >= 11 is 0. The van der Waals surface area contributed by atoms with Gasteiger partial charge >= 0.3 is 0 Å². The standard InChI is InChI=1S/C26H54NO6P/c1-6-8-10-12-13-14-15-16-17-18-20-25(26(24-28)31-22-19-11-9-7-2)33-34(29,30)32-23-21-27(3,4)5/h7,25-26,28H,2,6,8-24H2,1,3-5H3/t25-,26+/m1/s1. The second-order valence-electron chi connectivity index (χ2n) is 10.3. The van der Waals surface area contributed by atoms with Crippen LogP contribution in [0.3, 0.4) is 0 Å². The third-order valence-corrected chi connectivity index (χ3v) is 6.88. The molecule has 0 aromatic carbocycles. The van der Waals surface area contributed by atoms with Gasteiger partial charge in [-0.25, -0.2) is 0 Å². The van der Waals surface area contributed by atoms with Gasteiger partial charge < -0.3 is 28.3 Å². The summed E-state index contributed by atoms with van der Waals surface area (Å²) in [6.45, 7) is 6.70. The average molecular weight is 508 g/mol. The third kappa shape index (κ3) is 21.0. The Balaban J connectivity index is 4.61. The Morgan fingerprint density at radius 2 is 1.50 bits per heavy atom. The molecule has 0 aliphatic carbocycles. The van der Waals surface area contributed by atoms with Gasteiger partial charge in [-0.1, -0.05) is 77.2 Å². The molecule has 7 nitrogen and oxygen atoms in total. The van der Waals surface area contributed by atoms with Gasteiger partial charge in [0.1, 0.15) is 19.3 Å². The van der Waals surface area contributed by atoms with E-state index in [1.165, 1.54) is 44.9 Å². The van der Waals surface area contributed by atoms with Gasteiger partial charge in [-0.05, 0) is 25.7 Å². The van der Waals surface area contributed by atoms with Crippen LogP contribution in [-0.4, -0.2) is 69.3 Å². The summed E-state index contributed by atoms with van der Waals surface area (Å²) in [4.78, 5) is 12.5. The van der Waals surface area contributed by atoms with E-state index in [0.717, 1.165) is 38.5 Å². The highest BCUT2D eigenvalue weighted by molar-refractivity contribution is 7.45. The van der Waals surface area contributed by atoms with E-state index in [1.807, 2.05) is 27.2 Å². The fraction of sp³-hybridized carbons (Fsp3) is 0.923. The molecule has 3 atom stereocenters. The first-order chi connectivity index (χ1) is 16.1. The van der Waals surface area contributed by atoms with Crippen molar-refractivity contribution in [2.24, 2.45) is 0 Å². The molecule has 8 heteroatoms. The molecule has 0 fully saturated rings. The van der Waals surface area contributed by atoms with E-state index < -0.39 is 20.0 Å². The summed E-state index contributed by atoms with van der Waals surface area (Å²) in [7, 11) is 1.41. The van der Waals surface area contributed by atoms with Crippen molar-refractivity contribution in [1.29, 1.82) is 0 Å². The fourth-order valence-corrected chi connectivity index (χ4v) is 4.60. The number of allylic oxidation sites excluding steroid dienone is 1. The second kappa shape index (κ2) is 20.9. The Morgan fingerprint density at radius 1 is 0.912 bits per heavy atom. The van der Waals surface area contributed by atoms with E-state index in [9.17, 15) is 14.6 Å². The van der Waals surface area contributed by atoms with Crippen molar-refractivity contribution in [1.82, 2.24) is 0 Å². The predicted molar refractivity (Wildman–Crippen MR) is 139 cm³/mol. The number of unbranched alkanes of at least 4 members (excludes halogenated alkanes) is 11. The summed E-state index contributed by atoms with van der Waals surface area (Å²) in [5, 5.41) is 9.88. The van der Waals surface area contributed by atoms with Gasteiger partial charge in [0, 0.05) is 6.61 Å². The molecule has 0 aliphatic heterocycles. The number of quaternary nitrogens is 1. The van der Waals surface area contributed by atoms with E-state index in [4.69, 9.17) is 13.8 Å². The summed E-state index contributed by atoms with van der Waals surface area (Å²) in [5.41, 5.74) is 0. The Morgan fingerprint density at radius 3 is 2.03 bits per heavy atom. The van der Waals surface area contributed by atoms with E-state index in [0.29, 0.717) is 24.1 Å². The van der Waals surface area contributed by atoms with Crippen LogP contribution in [0.5, 0.6) is 0 Å². The van der Waals surface area contributed by atoms with Crippen LogP contribution in [0.15, 0.2) is 12.7 Å². The highest BCUT2D eigenvalue weighted by Crippen LogP contribution is 2.41. The number of hydrogen-bond acceptors (Lipinski definition) is 6. The van der Waals surface area contributed by atoms with Crippen molar-refractivity contribution in [2.75, 3.05) is 47.5 Å². The first-order valence-corrected chi connectivity index (χ1v) is 14.9. The lowest BCUT2D eigenvalue weighted by Gasteiger charge is -2.33. The highest BCUT2D eigenvalue weighted by Gasteiger charge is 2.27. The van der Waals surface area contributed by atoms with Crippen LogP contribution < -0.4 is 4.89 Å². The molecule has 34 heavy (non-hydrogen) atoms. The first kappa shape index (κ1) is 33.7. The molecular weight excluding hydrogens is 453 g/mol. The lowest BCUT2D eigenvalue weighted by atomic mass is 10.0. The molecule has 0 aliphatic rings. The van der Waals surface area contributed by atoms with Crippen LogP contribution in [-0.2, 0) is 18.3 Å². The zero-order valence-corrected chi connectivity index (χ0v) is 23.4. The van der Waals surface area contributed by atoms with Crippen LogP contribution in [0.1, 0.15) is 96.8 Å². The Hall–Kier alpha value is -0.270. The Kier molecular flexibility index (Phi) is 20.7. The van der Waals surface area contributed by atoms with Crippen molar-refractivity contribution >= 4 is 7.82 Å². The summed E-state index contributed by atoms with van der Waals surface area (Å²) in [5.74, 6) is 0. The molecule has 0 bridgehead atoms. The number of phosphoric acid groups is 1. The zero-order valence-electron chi connectivity index (χ0n) is 22.5. The van der Waals surface area contributed by atoms with Gasteiger partial charge in [0.25, 0.3) is 7.82 Å². The number of phosphoric ester groups is 1. The number of hydrogen-bond donors (Lipinski definition) is 1. The molecule has 0 saturated heterocycles. The SMILES string of the molecule is C=CCCCCO[C@@H](CO)[C@@H](CCCCCCCCCCCC)OP(=O)([O-])OCC[N+](C)(C)C. The largest absolute Gasteiger partial charge is 0.756 e. The van der Waals surface area contributed by atoms with Gasteiger partial charge in [-0.15, -0.1) is 6.58 Å². The monoisotopic (exact) mass is 507 g/mol. The maximum atomic E-state index is 12.5. The van der Waals surface area contributed by atoms with Crippen LogP contribution in [0.4, 0.5) is 0 Å². The fourth-order valence-electron chi connectivity index (χ4n) is 3.67. The predicted octanol–water partition coefficient (Wildman–Crippen LogP) is 5.61. The molecule has 0 aromatic heterocycles. The highest BCUT2D eigenvalue weighted by atomic mass is 31.2. The van der Waals surface area contributed by atoms with Crippen LogP contribution in [0.2, 0.25) is 0 Å². The number of likely N-dealkylation sites (N-methyl/N-ethyl adjacent to an activating group) is 1. The smallest absolute Gasteiger partial charge is 0.268 e. The van der Waals surface area contributed by atoms with Crippen molar-refractivity contribution in [3.63, 3.8) is 0 Å². The summed E-state index contributed by atoms with van der Waals surface area (Å²) in [6.07, 6.45) is 15.6. The Labute approximate surface area is 210 Å². The average Bonchev–Trinajstić information content (AvgIpc) is 2.75. The van der Waals surface area contributed by atoms with Crippen LogP contribution >= 0.6 is 7.82 Å². The maximum absolute atomic E-state index is 12.5. The molecule has 0 aromatic rings. The van der Waals surface area contributed by atoms with E-state index in [2.05, 4.69) is 13.5 Å². The molecular formula is C26H54NO6P. The molecule has 0 heterocycles. The minimum atomic E-state index is -4.50. The third-order valence-electron chi connectivity index (χ3n) is 5.85. The molecule has 1 unspecified atom stereocenters. The van der Waals surface area contributed by atoms with Gasteiger partial charge in [0.05, 0.1) is 33.9 Å². The first-order valence-electron chi connectivity index (χ1n) is 13.4. The minimum Gasteiger partial charge on any atom is -0.756 e. The molecule has 0 radical (unpaired) electrons. The number of nitrogens with zero attached hydrogens (tertiary/aromatic N) is 1. The number of aliphatic hydroxyl groups is 1. The van der Waals surface area contributed by atoms with E-state index in [1.54, 1.807) is 0 Å². The van der Waals surface area contributed by atoms with E-state index >= 15 is 0 Å². The normalized spacial score (nSPS) is 15.7. The molecule has 0 saturated carbocycles. The summed E-state index contributed by atoms with van der Waals surface area (Å²) < 4.78 is 29.4. The van der Waals surface area contributed by atoms with Crippen molar-refractivity contribution < 1.29 is 32.8 Å². The van der Waals surface area contributed by atoms with Crippen molar-refractivity contribution in [3.8, 4) is 0 Å². The van der Waals surface area contributed by atoms with Crippen LogP contribution in [0, 0.1) is 0 Å².